The lowest BCUT2D eigenvalue weighted by atomic mass is 9.78. The highest BCUT2D eigenvalue weighted by molar-refractivity contribution is 5.61. The van der Waals surface area contributed by atoms with E-state index in [0.717, 1.165) is 13.0 Å². The fraction of sp³-hybridized carbons (Fsp3) is 0.588. The Labute approximate surface area is 117 Å². The molecule has 0 aromatic heterocycles. The van der Waals surface area contributed by atoms with Crippen LogP contribution in [0.1, 0.15) is 44.2 Å². The Kier molecular flexibility index (Phi) is 4.10. The average molecular weight is 258 g/mol. The Morgan fingerprint density at radius 3 is 2.58 bits per heavy atom. The molecule has 1 aromatic carbocycles. The van der Waals surface area contributed by atoms with Crippen LogP contribution in [-0.2, 0) is 0 Å². The summed E-state index contributed by atoms with van der Waals surface area (Å²) in [6.07, 6.45) is 2.78. The molecule has 1 aromatic rings. The van der Waals surface area contributed by atoms with Gasteiger partial charge in [-0.1, -0.05) is 45.0 Å². The summed E-state index contributed by atoms with van der Waals surface area (Å²) < 4.78 is 0. The smallest absolute Gasteiger partial charge is 0.0170 e. The molecule has 104 valence electrons. The summed E-state index contributed by atoms with van der Waals surface area (Å²) in [5.74, 6) is 0.770. The molecule has 0 spiro atoms. The molecular formula is C17H26N2. The van der Waals surface area contributed by atoms with Crippen molar-refractivity contribution >= 4 is 6.21 Å². The Bertz CT molecular complexity index is 445. The van der Waals surface area contributed by atoms with E-state index in [1.807, 2.05) is 0 Å². The maximum absolute atomic E-state index is 7.82. The lowest BCUT2D eigenvalue weighted by molar-refractivity contribution is 0.309. The van der Waals surface area contributed by atoms with Crippen molar-refractivity contribution in [3.8, 4) is 0 Å². The van der Waals surface area contributed by atoms with E-state index in [4.69, 9.17) is 5.41 Å². The highest BCUT2D eigenvalue weighted by Gasteiger charge is 2.37. The summed E-state index contributed by atoms with van der Waals surface area (Å²) in [4.78, 5) is 0. The first-order chi connectivity index (χ1) is 8.92. The summed E-state index contributed by atoms with van der Waals surface area (Å²) >= 11 is 0. The van der Waals surface area contributed by atoms with E-state index in [2.05, 4.69) is 57.3 Å². The quantitative estimate of drug-likeness (QED) is 0.796. The van der Waals surface area contributed by atoms with Crippen molar-refractivity contribution in [2.45, 2.75) is 46.1 Å². The van der Waals surface area contributed by atoms with Crippen molar-refractivity contribution in [3.05, 3.63) is 35.4 Å². The van der Waals surface area contributed by atoms with E-state index >= 15 is 0 Å². The molecule has 2 N–H and O–H groups in total. The van der Waals surface area contributed by atoms with Crippen LogP contribution in [0, 0.1) is 23.7 Å². The zero-order valence-electron chi connectivity index (χ0n) is 12.5. The first-order valence-corrected chi connectivity index (χ1v) is 7.22. The van der Waals surface area contributed by atoms with Gasteiger partial charge in [-0.3, -0.25) is 0 Å². The summed E-state index contributed by atoms with van der Waals surface area (Å²) in [6, 6.07) is 9.03. The van der Waals surface area contributed by atoms with E-state index in [-0.39, 0.29) is 0 Å². The molecule has 3 atom stereocenters. The molecule has 2 nitrogen and oxygen atoms in total. The third-order valence-electron chi connectivity index (χ3n) is 4.14. The SMILES string of the molecule is Cc1ccccc1C1CNC(CC(C)(C)C)C1C=N. The molecule has 1 aliphatic heterocycles. The van der Waals surface area contributed by atoms with Crippen molar-refractivity contribution in [1.82, 2.24) is 5.32 Å². The molecule has 0 amide bonds. The second kappa shape index (κ2) is 5.46. The molecule has 3 unspecified atom stereocenters. The van der Waals surface area contributed by atoms with Gasteiger partial charge in [0.2, 0.25) is 0 Å². The predicted molar refractivity (Wildman–Crippen MR) is 82.1 cm³/mol. The van der Waals surface area contributed by atoms with E-state index in [1.54, 1.807) is 6.21 Å². The standard InChI is InChI=1S/C17H26N2/c1-12-7-5-6-8-13(12)15-11-19-16(14(15)10-18)9-17(2,3)4/h5-8,10,14-16,18-19H,9,11H2,1-4H3. The largest absolute Gasteiger partial charge is 0.313 e. The van der Waals surface area contributed by atoms with Crippen molar-refractivity contribution in [1.29, 1.82) is 5.41 Å². The normalized spacial score (nSPS) is 27.5. The van der Waals surface area contributed by atoms with Gasteiger partial charge in [0.1, 0.15) is 0 Å². The average Bonchev–Trinajstić information content (AvgIpc) is 2.70. The molecule has 2 heteroatoms. The van der Waals surface area contributed by atoms with Crippen LogP contribution in [0.3, 0.4) is 0 Å². The van der Waals surface area contributed by atoms with E-state index in [0.29, 0.717) is 23.3 Å². The zero-order chi connectivity index (χ0) is 14.0. The van der Waals surface area contributed by atoms with Gasteiger partial charge in [0.25, 0.3) is 0 Å². The number of nitrogens with one attached hydrogen (secondary N) is 2. The summed E-state index contributed by atoms with van der Waals surface area (Å²) in [6.45, 7) is 9.99. The van der Waals surface area contributed by atoms with Crippen LogP contribution in [0.15, 0.2) is 24.3 Å². The first kappa shape index (κ1) is 14.3. The molecule has 0 radical (unpaired) electrons. The highest BCUT2D eigenvalue weighted by atomic mass is 15.0. The van der Waals surface area contributed by atoms with Crippen molar-refractivity contribution in [2.24, 2.45) is 11.3 Å². The van der Waals surface area contributed by atoms with Crippen LogP contribution >= 0.6 is 0 Å². The molecule has 0 saturated carbocycles. The lowest BCUT2D eigenvalue weighted by Gasteiger charge is -2.27. The second-order valence-electron chi connectivity index (χ2n) is 6.99. The van der Waals surface area contributed by atoms with E-state index in [9.17, 15) is 0 Å². The van der Waals surface area contributed by atoms with Crippen molar-refractivity contribution in [2.75, 3.05) is 6.54 Å². The van der Waals surface area contributed by atoms with E-state index < -0.39 is 0 Å². The number of benzene rings is 1. The van der Waals surface area contributed by atoms with Gasteiger partial charge in [-0.15, -0.1) is 0 Å². The minimum absolute atomic E-state index is 0.305. The molecule has 1 saturated heterocycles. The lowest BCUT2D eigenvalue weighted by Crippen LogP contribution is -2.32. The first-order valence-electron chi connectivity index (χ1n) is 7.22. The fourth-order valence-electron chi connectivity index (χ4n) is 3.25. The topological polar surface area (TPSA) is 35.9 Å². The van der Waals surface area contributed by atoms with Crippen LogP contribution < -0.4 is 5.32 Å². The number of aryl methyl sites for hydroxylation is 1. The summed E-state index contributed by atoms with van der Waals surface area (Å²) in [7, 11) is 0. The molecule has 1 heterocycles. The summed E-state index contributed by atoms with van der Waals surface area (Å²) in [5.41, 5.74) is 3.05. The van der Waals surface area contributed by atoms with Gasteiger partial charge in [-0.05, 0) is 29.9 Å². The zero-order valence-corrected chi connectivity index (χ0v) is 12.5. The van der Waals surface area contributed by atoms with Crippen LogP contribution in [0.5, 0.6) is 0 Å². The molecule has 19 heavy (non-hydrogen) atoms. The maximum atomic E-state index is 7.82. The molecule has 0 aliphatic carbocycles. The Balaban J connectivity index is 2.21. The monoisotopic (exact) mass is 258 g/mol. The molecule has 1 fully saturated rings. The van der Waals surface area contributed by atoms with E-state index in [1.165, 1.54) is 11.1 Å². The van der Waals surface area contributed by atoms with Crippen molar-refractivity contribution in [3.63, 3.8) is 0 Å². The number of rotatable bonds is 3. The molecule has 2 rings (SSSR count). The van der Waals surface area contributed by atoms with Gasteiger partial charge in [0.05, 0.1) is 0 Å². The number of hydrogen-bond acceptors (Lipinski definition) is 2. The van der Waals surface area contributed by atoms with Crippen LogP contribution in [0.2, 0.25) is 0 Å². The Morgan fingerprint density at radius 2 is 2.00 bits per heavy atom. The van der Waals surface area contributed by atoms with Gasteiger partial charge < -0.3 is 10.7 Å². The van der Waals surface area contributed by atoms with Crippen LogP contribution in [0.4, 0.5) is 0 Å². The van der Waals surface area contributed by atoms with Gasteiger partial charge in [0, 0.05) is 30.6 Å². The van der Waals surface area contributed by atoms with Crippen LogP contribution in [0.25, 0.3) is 0 Å². The van der Waals surface area contributed by atoms with Gasteiger partial charge in [0.15, 0.2) is 0 Å². The predicted octanol–water partition coefficient (Wildman–Crippen LogP) is 3.75. The highest BCUT2D eigenvalue weighted by Crippen LogP contribution is 2.36. The molecular weight excluding hydrogens is 232 g/mol. The third-order valence-corrected chi connectivity index (χ3v) is 4.14. The minimum Gasteiger partial charge on any atom is -0.313 e. The summed E-state index contributed by atoms with van der Waals surface area (Å²) in [5, 5.41) is 11.5. The van der Waals surface area contributed by atoms with Gasteiger partial charge >= 0.3 is 0 Å². The number of hydrogen-bond donors (Lipinski definition) is 2. The van der Waals surface area contributed by atoms with Crippen LogP contribution in [-0.4, -0.2) is 18.8 Å². The third kappa shape index (κ3) is 3.24. The van der Waals surface area contributed by atoms with Crippen molar-refractivity contribution < 1.29 is 0 Å². The fourth-order valence-corrected chi connectivity index (χ4v) is 3.25. The Hall–Kier alpha value is -1.15. The molecule has 0 bridgehead atoms. The second-order valence-corrected chi connectivity index (χ2v) is 6.99. The minimum atomic E-state index is 0.305. The van der Waals surface area contributed by atoms with Gasteiger partial charge in [-0.25, -0.2) is 0 Å². The maximum Gasteiger partial charge on any atom is 0.0170 e. The molecule has 1 aliphatic rings. The Morgan fingerprint density at radius 1 is 1.32 bits per heavy atom. The van der Waals surface area contributed by atoms with Gasteiger partial charge in [-0.2, -0.15) is 0 Å².